The van der Waals surface area contributed by atoms with E-state index < -0.39 is 23.6 Å². The smallest absolute Gasteiger partial charge is 0.307 e. The van der Waals surface area contributed by atoms with Gasteiger partial charge in [-0.2, -0.15) is 4.68 Å². The van der Waals surface area contributed by atoms with Gasteiger partial charge < -0.3 is 10.4 Å². The van der Waals surface area contributed by atoms with Crippen molar-refractivity contribution in [1.82, 2.24) is 20.2 Å². The van der Waals surface area contributed by atoms with Crippen LogP contribution in [0.15, 0.2) is 18.2 Å². The highest BCUT2D eigenvalue weighted by molar-refractivity contribution is 5.96. The lowest BCUT2D eigenvalue weighted by atomic mass is 9.73. The highest BCUT2D eigenvalue weighted by Crippen LogP contribution is 2.39. The first kappa shape index (κ1) is 15.7. The lowest BCUT2D eigenvalue weighted by molar-refractivity contribution is -0.151. The van der Waals surface area contributed by atoms with Gasteiger partial charge in [-0.25, -0.2) is 4.39 Å². The van der Waals surface area contributed by atoms with Crippen molar-refractivity contribution in [2.24, 2.45) is 11.8 Å². The van der Waals surface area contributed by atoms with Gasteiger partial charge in [-0.05, 0) is 54.3 Å². The highest BCUT2D eigenvalue weighted by atomic mass is 19.1. The third kappa shape index (κ3) is 2.86. The summed E-state index contributed by atoms with van der Waals surface area (Å²) in [7, 11) is 0. The molecule has 2 fully saturated rings. The molecule has 2 atom stereocenters. The van der Waals surface area contributed by atoms with Crippen LogP contribution in [0, 0.1) is 17.7 Å². The topological polar surface area (TPSA) is 110 Å². The van der Waals surface area contributed by atoms with Crippen LogP contribution in [-0.4, -0.2) is 37.2 Å². The molecule has 9 heteroatoms. The van der Waals surface area contributed by atoms with Crippen molar-refractivity contribution < 1.29 is 19.1 Å². The molecule has 2 aliphatic rings. The minimum Gasteiger partial charge on any atom is -0.481 e. The van der Waals surface area contributed by atoms with Crippen LogP contribution < -0.4 is 5.32 Å². The first-order chi connectivity index (χ1) is 12.0. The van der Waals surface area contributed by atoms with Crippen LogP contribution in [0.4, 0.5) is 10.1 Å². The van der Waals surface area contributed by atoms with Crippen molar-refractivity contribution in [1.29, 1.82) is 0 Å². The second kappa shape index (κ2) is 5.91. The molecule has 2 N–H and O–H groups in total. The summed E-state index contributed by atoms with van der Waals surface area (Å²) < 4.78 is 15.6. The van der Waals surface area contributed by atoms with Crippen LogP contribution in [0.5, 0.6) is 0 Å². The number of amides is 1. The first-order valence-electron chi connectivity index (χ1n) is 8.16. The van der Waals surface area contributed by atoms with E-state index in [1.54, 1.807) is 0 Å². The Morgan fingerprint density at radius 3 is 2.60 bits per heavy atom. The van der Waals surface area contributed by atoms with Gasteiger partial charge in [0.15, 0.2) is 5.82 Å². The number of hydrogen-bond acceptors (Lipinski definition) is 5. The number of carboxylic acid groups (broad SMARTS) is 1. The third-order valence-corrected chi connectivity index (χ3v) is 4.81. The molecule has 1 amide bonds. The van der Waals surface area contributed by atoms with Crippen LogP contribution >= 0.6 is 0 Å². The van der Waals surface area contributed by atoms with Gasteiger partial charge in [0.2, 0.25) is 5.91 Å². The number of aliphatic carboxylic acids is 1. The molecule has 8 nitrogen and oxygen atoms in total. The van der Waals surface area contributed by atoms with E-state index in [4.69, 9.17) is 5.11 Å². The Morgan fingerprint density at radius 1 is 1.20 bits per heavy atom. The van der Waals surface area contributed by atoms with Crippen LogP contribution in [0.3, 0.4) is 0 Å². The number of halogens is 1. The number of rotatable bonds is 5. The summed E-state index contributed by atoms with van der Waals surface area (Å²) in [6, 6.07) is 4.13. The van der Waals surface area contributed by atoms with Crippen molar-refractivity contribution in [3.05, 3.63) is 29.8 Å². The molecule has 4 rings (SSSR count). The molecular formula is C16H16FN5O3. The maximum atomic E-state index is 14.2. The van der Waals surface area contributed by atoms with Gasteiger partial charge in [0.05, 0.1) is 11.8 Å². The molecule has 2 unspecified atom stereocenters. The normalized spacial score (nSPS) is 22.3. The molecule has 1 aromatic heterocycles. The molecule has 2 saturated carbocycles. The van der Waals surface area contributed by atoms with E-state index in [1.165, 1.54) is 22.9 Å². The van der Waals surface area contributed by atoms with Gasteiger partial charge >= 0.3 is 5.97 Å². The maximum absolute atomic E-state index is 14.2. The largest absolute Gasteiger partial charge is 0.481 e. The lowest BCUT2D eigenvalue weighted by Crippen LogP contribution is -2.41. The van der Waals surface area contributed by atoms with Crippen molar-refractivity contribution >= 4 is 17.6 Å². The fourth-order valence-electron chi connectivity index (χ4n) is 3.06. The van der Waals surface area contributed by atoms with Gasteiger partial charge in [0.25, 0.3) is 0 Å². The summed E-state index contributed by atoms with van der Waals surface area (Å²) in [5, 5.41) is 23.1. The maximum Gasteiger partial charge on any atom is 0.307 e. The Hall–Kier alpha value is -2.84. The van der Waals surface area contributed by atoms with Crippen LogP contribution in [0.1, 0.15) is 37.4 Å². The summed E-state index contributed by atoms with van der Waals surface area (Å²) >= 11 is 0. The molecule has 25 heavy (non-hydrogen) atoms. The number of carbonyl (C=O) groups is 2. The minimum atomic E-state index is -0.964. The van der Waals surface area contributed by atoms with Gasteiger partial charge in [-0.1, -0.05) is 0 Å². The summed E-state index contributed by atoms with van der Waals surface area (Å²) in [5.41, 5.74) is 0.544. The molecule has 0 radical (unpaired) electrons. The molecule has 130 valence electrons. The second-order valence-electron chi connectivity index (χ2n) is 6.51. The van der Waals surface area contributed by atoms with E-state index in [-0.39, 0.29) is 17.5 Å². The number of aromatic nitrogens is 4. The van der Waals surface area contributed by atoms with E-state index in [2.05, 4.69) is 20.8 Å². The summed E-state index contributed by atoms with van der Waals surface area (Å²) in [6.45, 7) is 0. The number of tetrazole rings is 1. The number of carbonyl (C=O) groups excluding carboxylic acids is 1. The molecule has 1 heterocycles. The zero-order valence-electron chi connectivity index (χ0n) is 13.2. The van der Waals surface area contributed by atoms with E-state index in [9.17, 15) is 14.0 Å². The number of nitrogens with one attached hydrogen (secondary N) is 1. The van der Waals surface area contributed by atoms with Crippen LogP contribution in [0.2, 0.25) is 0 Å². The van der Waals surface area contributed by atoms with Crippen molar-refractivity contribution in [3.63, 3.8) is 0 Å². The summed E-state index contributed by atoms with van der Waals surface area (Å²) in [6.07, 6.45) is 2.97. The fourth-order valence-corrected chi connectivity index (χ4v) is 3.06. The van der Waals surface area contributed by atoms with E-state index in [0.29, 0.717) is 24.4 Å². The van der Waals surface area contributed by atoms with Crippen molar-refractivity contribution in [2.45, 2.75) is 31.6 Å². The third-order valence-electron chi connectivity index (χ3n) is 4.81. The molecular weight excluding hydrogens is 329 g/mol. The highest BCUT2D eigenvalue weighted by Gasteiger charge is 2.41. The molecule has 2 aromatic rings. The Morgan fingerprint density at radius 2 is 1.96 bits per heavy atom. The first-order valence-corrected chi connectivity index (χ1v) is 8.16. The average molecular weight is 345 g/mol. The van der Waals surface area contributed by atoms with Gasteiger partial charge in [0, 0.05) is 11.6 Å². The fraction of sp³-hybridized carbons (Fsp3) is 0.438. The van der Waals surface area contributed by atoms with Gasteiger partial charge in [-0.15, -0.1) is 5.10 Å². The molecule has 0 bridgehead atoms. The zero-order chi connectivity index (χ0) is 17.6. The standard InChI is InChI=1S/C16H16FN5O3/c17-12-6-3-9(18-15(23)10-4-5-11(10)16(24)25)7-13(12)22-14(8-1-2-8)19-20-21-22/h3,6-8,10-11H,1-2,4-5H2,(H,18,23)(H,24,25). The summed E-state index contributed by atoms with van der Waals surface area (Å²) in [4.78, 5) is 23.3. The van der Waals surface area contributed by atoms with Crippen molar-refractivity contribution in [3.8, 4) is 5.69 Å². The number of benzene rings is 1. The van der Waals surface area contributed by atoms with Crippen LogP contribution in [-0.2, 0) is 9.59 Å². The average Bonchev–Trinajstić information content (AvgIpc) is 3.25. The Bertz CT molecular complexity index is 848. The quantitative estimate of drug-likeness (QED) is 0.854. The number of nitrogens with zero attached hydrogens (tertiary/aromatic N) is 4. The van der Waals surface area contributed by atoms with E-state index >= 15 is 0 Å². The SMILES string of the molecule is O=C(O)C1CCC1C(=O)Nc1ccc(F)c(-n2nnnc2C2CC2)c1. The van der Waals surface area contributed by atoms with Crippen molar-refractivity contribution in [2.75, 3.05) is 5.32 Å². The molecule has 0 saturated heterocycles. The monoisotopic (exact) mass is 345 g/mol. The van der Waals surface area contributed by atoms with E-state index in [1.807, 2.05) is 0 Å². The van der Waals surface area contributed by atoms with Gasteiger partial charge in [-0.3, -0.25) is 9.59 Å². The van der Waals surface area contributed by atoms with E-state index in [0.717, 1.165) is 12.8 Å². The molecule has 0 spiro atoms. The lowest BCUT2D eigenvalue weighted by Gasteiger charge is -2.31. The number of anilines is 1. The summed E-state index contributed by atoms with van der Waals surface area (Å²) in [5.74, 6) is -2.20. The molecule has 0 aliphatic heterocycles. The Labute approximate surface area is 142 Å². The number of hydrogen-bond donors (Lipinski definition) is 2. The predicted octanol–water partition coefficient (Wildman–Crippen LogP) is 1.73. The number of carboxylic acids is 1. The van der Waals surface area contributed by atoms with Crippen LogP contribution in [0.25, 0.3) is 5.69 Å². The Kier molecular flexibility index (Phi) is 3.70. The minimum absolute atomic E-state index is 0.160. The van der Waals surface area contributed by atoms with Gasteiger partial charge in [0.1, 0.15) is 11.5 Å². The molecule has 1 aromatic carbocycles. The zero-order valence-corrected chi connectivity index (χ0v) is 13.2. The molecule has 2 aliphatic carbocycles. The Balaban J connectivity index is 1.56. The predicted molar refractivity (Wildman–Crippen MR) is 83.6 cm³/mol. The second-order valence-corrected chi connectivity index (χ2v) is 6.51.